The van der Waals surface area contributed by atoms with Crippen molar-refractivity contribution in [2.75, 3.05) is 27.2 Å². The Labute approximate surface area is 124 Å². The highest BCUT2D eigenvalue weighted by atomic mass is 16.5. The van der Waals surface area contributed by atoms with Gasteiger partial charge in [-0.1, -0.05) is 25.1 Å². The summed E-state index contributed by atoms with van der Waals surface area (Å²) in [5.41, 5.74) is 1.26. The molecule has 0 spiro atoms. The summed E-state index contributed by atoms with van der Waals surface area (Å²) < 4.78 is 5.46. The molecule has 0 aliphatic carbocycles. The number of benzene rings is 1. The molecule has 20 heavy (non-hydrogen) atoms. The molecule has 0 aliphatic rings. The van der Waals surface area contributed by atoms with E-state index in [2.05, 4.69) is 50.2 Å². The van der Waals surface area contributed by atoms with Crippen LogP contribution in [-0.4, -0.2) is 38.2 Å². The highest BCUT2D eigenvalue weighted by molar-refractivity contribution is 5.35. The van der Waals surface area contributed by atoms with E-state index >= 15 is 0 Å². The normalized spacial score (nSPS) is 12.9. The summed E-state index contributed by atoms with van der Waals surface area (Å²) in [6.07, 6.45) is 2.24. The second-order valence-electron chi connectivity index (χ2n) is 5.58. The smallest absolute Gasteiger partial charge is 0.123 e. The van der Waals surface area contributed by atoms with Crippen LogP contribution in [0.3, 0.4) is 0 Å². The summed E-state index contributed by atoms with van der Waals surface area (Å²) in [7, 11) is 3.92. The van der Waals surface area contributed by atoms with Gasteiger partial charge in [-0.05, 0) is 52.9 Å². The van der Waals surface area contributed by atoms with Crippen molar-refractivity contribution in [1.82, 2.24) is 10.2 Å². The number of ether oxygens (including phenoxy) is 1. The van der Waals surface area contributed by atoms with Crippen molar-refractivity contribution in [3.05, 3.63) is 29.8 Å². The first-order valence-corrected chi connectivity index (χ1v) is 7.66. The Hall–Kier alpha value is -1.06. The van der Waals surface area contributed by atoms with Gasteiger partial charge in [-0.3, -0.25) is 0 Å². The second kappa shape index (κ2) is 8.98. The van der Waals surface area contributed by atoms with Crippen LogP contribution >= 0.6 is 0 Å². The summed E-state index contributed by atoms with van der Waals surface area (Å²) in [5, 5.41) is 3.65. The third-order valence-corrected chi connectivity index (χ3v) is 3.88. The monoisotopic (exact) mass is 278 g/mol. The quantitative estimate of drug-likeness (QED) is 0.700. The molecule has 0 saturated carbocycles. The van der Waals surface area contributed by atoms with E-state index in [-0.39, 0.29) is 0 Å². The molecule has 1 aromatic carbocycles. The number of para-hydroxylation sites is 1. The highest BCUT2D eigenvalue weighted by Gasteiger charge is 2.13. The second-order valence-corrected chi connectivity index (χ2v) is 5.58. The van der Waals surface area contributed by atoms with Crippen molar-refractivity contribution >= 4 is 0 Å². The maximum atomic E-state index is 5.46. The minimum atomic E-state index is 0.371. The fourth-order valence-electron chi connectivity index (χ4n) is 2.29. The molecule has 0 fully saturated rings. The Kier molecular flexibility index (Phi) is 7.63. The molecule has 0 radical (unpaired) electrons. The summed E-state index contributed by atoms with van der Waals surface area (Å²) >= 11 is 0. The molecule has 0 bridgehead atoms. The topological polar surface area (TPSA) is 24.5 Å². The van der Waals surface area contributed by atoms with Crippen molar-refractivity contribution in [2.45, 2.75) is 45.7 Å². The lowest BCUT2D eigenvalue weighted by molar-refractivity contribution is 0.267. The van der Waals surface area contributed by atoms with Gasteiger partial charge in [0.1, 0.15) is 5.75 Å². The third kappa shape index (κ3) is 5.14. The Bertz CT molecular complexity index is 379. The van der Waals surface area contributed by atoms with Gasteiger partial charge >= 0.3 is 0 Å². The van der Waals surface area contributed by atoms with Gasteiger partial charge < -0.3 is 15.0 Å². The fourth-order valence-corrected chi connectivity index (χ4v) is 2.29. The number of rotatable bonds is 9. The lowest BCUT2D eigenvalue weighted by Crippen LogP contribution is -2.30. The van der Waals surface area contributed by atoms with E-state index in [0.29, 0.717) is 12.1 Å². The molecule has 114 valence electrons. The van der Waals surface area contributed by atoms with Gasteiger partial charge in [0.15, 0.2) is 0 Å². The first kappa shape index (κ1) is 17.0. The zero-order valence-corrected chi connectivity index (χ0v) is 13.6. The van der Waals surface area contributed by atoms with Gasteiger partial charge in [0.25, 0.3) is 0 Å². The minimum absolute atomic E-state index is 0.371. The first-order valence-electron chi connectivity index (χ1n) is 7.66. The van der Waals surface area contributed by atoms with Crippen molar-refractivity contribution in [3.8, 4) is 5.75 Å². The summed E-state index contributed by atoms with van der Waals surface area (Å²) in [6, 6.07) is 9.27. The number of hydrogen-bond acceptors (Lipinski definition) is 3. The van der Waals surface area contributed by atoms with Crippen molar-refractivity contribution in [1.29, 1.82) is 0 Å². The van der Waals surface area contributed by atoms with Gasteiger partial charge in [-0.25, -0.2) is 0 Å². The Balaban J connectivity index is 2.47. The van der Waals surface area contributed by atoms with Gasteiger partial charge in [-0.2, -0.15) is 0 Å². The molecule has 3 heteroatoms. The van der Waals surface area contributed by atoms with Crippen LogP contribution < -0.4 is 10.1 Å². The number of methoxy groups -OCH3 is 1. The maximum Gasteiger partial charge on any atom is 0.123 e. The highest BCUT2D eigenvalue weighted by Crippen LogP contribution is 2.26. The molecule has 0 heterocycles. The molecular weight excluding hydrogens is 248 g/mol. The molecule has 0 amide bonds. The largest absolute Gasteiger partial charge is 0.496 e. The van der Waals surface area contributed by atoms with Crippen LogP contribution in [0, 0.1) is 0 Å². The molecule has 1 rings (SSSR count). The lowest BCUT2D eigenvalue weighted by atomic mass is 10.0. The van der Waals surface area contributed by atoms with E-state index in [1.54, 1.807) is 7.11 Å². The molecule has 0 aromatic heterocycles. The SMILES string of the molecule is CCC(NCCCN(C)C(C)C)c1ccccc1OC. The van der Waals surface area contributed by atoms with Gasteiger partial charge in [0.05, 0.1) is 7.11 Å². The van der Waals surface area contributed by atoms with Crippen LogP contribution in [-0.2, 0) is 0 Å². The zero-order chi connectivity index (χ0) is 15.0. The molecular formula is C17H30N2O. The van der Waals surface area contributed by atoms with E-state index in [9.17, 15) is 0 Å². The lowest BCUT2D eigenvalue weighted by Gasteiger charge is -2.23. The Morgan fingerprint density at radius 3 is 2.55 bits per heavy atom. The van der Waals surface area contributed by atoms with E-state index in [1.807, 2.05) is 12.1 Å². The zero-order valence-electron chi connectivity index (χ0n) is 13.6. The number of nitrogens with one attached hydrogen (secondary N) is 1. The van der Waals surface area contributed by atoms with Crippen LogP contribution in [0.5, 0.6) is 5.75 Å². The van der Waals surface area contributed by atoms with Crippen molar-refractivity contribution < 1.29 is 4.74 Å². The Morgan fingerprint density at radius 2 is 1.95 bits per heavy atom. The number of hydrogen-bond donors (Lipinski definition) is 1. The summed E-state index contributed by atoms with van der Waals surface area (Å²) in [5.74, 6) is 0.978. The van der Waals surface area contributed by atoms with Gasteiger partial charge in [-0.15, -0.1) is 0 Å². The van der Waals surface area contributed by atoms with E-state index in [0.717, 1.165) is 25.3 Å². The van der Waals surface area contributed by atoms with Crippen molar-refractivity contribution in [2.24, 2.45) is 0 Å². The number of nitrogens with zero attached hydrogens (tertiary/aromatic N) is 1. The molecule has 3 nitrogen and oxygen atoms in total. The molecule has 1 atom stereocenters. The maximum absolute atomic E-state index is 5.46. The molecule has 1 unspecified atom stereocenters. The molecule has 0 saturated heterocycles. The van der Waals surface area contributed by atoms with E-state index in [1.165, 1.54) is 12.0 Å². The van der Waals surface area contributed by atoms with Crippen LogP contribution in [0.15, 0.2) is 24.3 Å². The molecule has 1 aromatic rings. The van der Waals surface area contributed by atoms with E-state index in [4.69, 9.17) is 4.74 Å². The Morgan fingerprint density at radius 1 is 1.25 bits per heavy atom. The van der Waals surface area contributed by atoms with Crippen LogP contribution in [0.4, 0.5) is 0 Å². The van der Waals surface area contributed by atoms with Crippen molar-refractivity contribution in [3.63, 3.8) is 0 Å². The van der Waals surface area contributed by atoms with Crippen LogP contribution in [0.25, 0.3) is 0 Å². The predicted octanol–water partition coefficient (Wildman–Crippen LogP) is 3.47. The third-order valence-electron chi connectivity index (χ3n) is 3.88. The van der Waals surface area contributed by atoms with Gasteiger partial charge in [0.2, 0.25) is 0 Å². The molecule has 0 aliphatic heterocycles. The molecule has 1 N–H and O–H groups in total. The first-order chi connectivity index (χ1) is 9.60. The van der Waals surface area contributed by atoms with E-state index < -0.39 is 0 Å². The fraction of sp³-hybridized carbons (Fsp3) is 0.647. The summed E-state index contributed by atoms with van der Waals surface area (Å²) in [6.45, 7) is 8.85. The predicted molar refractivity (Wildman–Crippen MR) is 86.4 cm³/mol. The van der Waals surface area contributed by atoms with Crippen LogP contribution in [0.2, 0.25) is 0 Å². The minimum Gasteiger partial charge on any atom is -0.496 e. The average Bonchev–Trinajstić information content (AvgIpc) is 2.47. The van der Waals surface area contributed by atoms with Gasteiger partial charge in [0, 0.05) is 17.6 Å². The summed E-state index contributed by atoms with van der Waals surface area (Å²) in [4.78, 5) is 2.38. The standard InChI is InChI=1S/C17H30N2O/c1-6-16(15-10-7-8-11-17(15)20-5)18-12-9-13-19(4)14(2)3/h7-8,10-11,14,16,18H,6,9,12-13H2,1-5H3. The average molecular weight is 278 g/mol. The van der Waals surface area contributed by atoms with Crippen LogP contribution in [0.1, 0.15) is 45.2 Å².